The Balaban J connectivity index is 2.43. The van der Waals surface area contributed by atoms with Crippen molar-refractivity contribution in [1.29, 1.82) is 0 Å². The first-order chi connectivity index (χ1) is 28.8. The number of carbonyl (C=O) groups excluding carboxylic acids is 8. The number of esters is 1. The molecule has 4 atom stereocenters. The van der Waals surface area contributed by atoms with E-state index in [9.17, 15) is 38.4 Å². The molecule has 16 heteroatoms. The van der Waals surface area contributed by atoms with Crippen molar-refractivity contribution in [2.45, 2.75) is 151 Å². The zero-order valence-corrected chi connectivity index (χ0v) is 40.3. The van der Waals surface area contributed by atoms with E-state index in [1.165, 1.54) is 23.8 Å². The van der Waals surface area contributed by atoms with E-state index in [1.54, 1.807) is 54.7 Å². The highest BCUT2D eigenvalue weighted by atomic mass is 16.6. The van der Waals surface area contributed by atoms with E-state index in [1.807, 2.05) is 78.8 Å². The molecule has 7 amide bonds. The third-order valence-corrected chi connectivity index (χ3v) is 10.4. The first-order valence-corrected chi connectivity index (χ1v) is 21.4. The number of rotatable bonds is 18. The first kappa shape index (κ1) is 53.6. The van der Waals surface area contributed by atoms with Gasteiger partial charge < -0.3 is 30.3 Å². The Morgan fingerprint density at radius 2 is 1.30 bits per heavy atom. The maximum atomic E-state index is 14.6. The monoisotopic (exact) mass is 881 g/mol. The number of amides is 7. The smallest absolute Gasteiger partial charge is 0.410 e. The van der Waals surface area contributed by atoms with Crippen molar-refractivity contribution < 1.29 is 47.8 Å². The summed E-state index contributed by atoms with van der Waals surface area (Å²) in [7, 11) is 3.08. The van der Waals surface area contributed by atoms with Crippen LogP contribution in [-0.4, -0.2) is 125 Å². The molecule has 1 aliphatic rings. The molecule has 1 aromatic rings. The molecular formula is C47H72N6O10. The molecule has 0 bridgehead atoms. The van der Waals surface area contributed by atoms with E-state index in [0.717, 1.165) is 22.6 Å². The van der Waals surface area contributed by atoms with Crippen molar-refractivity contribution in [1.82, 2.24) is 30.7 Å². The van der Waals surface area contributed by atoms with Crippen LogP contribution in [0.5, 0.6) is 0 Å². The van der Waals surface area contributed by atoms with E-state index >= 15 is 0 Å². The van der Waals surface area contributed by atoms with Gasteiger partial charge in [-0.25, -0.2) is 4.79 Å². The molecule has 0 fully saturated rings. The summed E-state index contributed by atoms with van der Waals surface area (Å²) in [5.41, 5.74) is -2.44. The molecule has 0 radical (unpaired) electrons. The van der Waals surface area contributed by atoms with E-state index in [-0.39, 0.29) is 37.4 Å². The van der Waals surface area contributed by atoms with Crippen LogP contribution in [0.25, 0.3) is 0 Å². The molecular weight excluding hydrogens is 809 g/mol. The Kier molecular flexibility index (Phi) is 18.5. The molecule has 0 saturated carbocycles. The van der Waals surface area contributed by atoms with E-state index in [2.05, 4.69) is 16.0 Å². The summed E-state index contributed by atoms with van der Waals surface area (Å²) in [4.78, 5) is 110. The van der Waals surface area contributed by atoms with Crippen molar-refractivity contribution >= 4 is 47.5 Å². The minimum atomic E-state index is -1.21. The molecule has 16 nitrogen and oxygen atoms in total. The van der Waals surface area contributed by atoms with Crippen LogP contribution in [0, 0.1) is 11.3 Å². The van der Waals surface area contributed by atoms with Crippen LogP contribution in [0.3, 0.4) is 0 Å². The van der Waals surface area contributed by atoms with Crippen molar-refractivity contribution in [2.75, 3.05) is 27.2 Å². The summed E-state index contributed by atoms with van der Waals surface area (Å²) in [5, 5.41) is 8.33. The first-order valence-electron chi connectivity index (χ1n) is 21.4. The molecule has 3 N–H and O–H groups in total. The Bertz CT molecular complexity index is 1880. The summed E-state index contributed by atoms with van der Waals surface area (Å²) in [6, 6.07) is 5.20. The van der Waals surface area contributed by atoms with Gasteiger partial charge in [0.05, 0.1) is 6.04 Å². The van der Waals surface area contributed by atoms with Crippen LogP contribution in [-0.2, 0) is 48.5 Å². The van der Waals surface area contributed by atoms with Crippen LogP contribution in [0.2, 0.25) is 0 Å². The molecule has 63 heavy (non-hydrogen) atoms. The number of ether oxygens (including phenoxy) is 2. The number of hydrogen-bond donors (Lipinski definition) is 3. The Labute approximate surface area is 373 Å². The Morgan fingerprint density at radius 1 is 0.762 bits per heavy atom. The highest BCUT2D eigenvalue weighted by Gasteiger charge is 2.46. The molecule has 1 heterocycles. The van der Waals surface area contributed by atoms with Gasteiger partial charge >= 0.3 is 12.1 Å². The van der Waals surface area contributed by atoms with Gasteiger partial charge in [-0.3, -0.25) is 43.4 Å². The second-order valence-corrected chi connectivity index (χ2v) is 20.0. The second kappa shape index (κ2) is 21.7. The van der Waals surface area contributed by atoms with Gasteiger partial charge in [-0.05, 0) is 71.8 Å². The van der Waals surface area contributed by atoms with Crippen molar-refractivity contribution in [3.63, 3.8) is 0 Å². The predicted molar refractivity (Wildman–Crippen MR) is 240 cm³/mol. The number of hydrogen-bond acceptors (Lipinski definition) is 10. The van der Waals surface area contributed by atoms with Crippen molar-refractivity contribution in [2.24, 2.45) is 11.3 Å². The van der Waals surface area contributed by atoms with E-state index in [4.69, 9.17) is 9.47 Å². The quantitative estimate of drug-likeness (QED) is 0.104. The van der Waals surface area contributed by atoms with Gasteiger partial charge in [0, 0.05) is 56.7 Å². The summed E-state index contributed by atoms with van der Waals surface area (Å²) in [6.45, 7) is 24.6. The van der Waals surface area contributed by atoms with Crippen LogP contribution in [0.15, 0.2) is 54.1 Å². The predicted octanol–water partition coefficient (Wildman–Crippen LogP) is 4.81. The molecule has 0 saturated heterocycles. The van der Waals surface area contributed by atoms with Gasteiger partial charge in [0.15, 0.2) is 0 Å². The van der Waals surface area contributed by atoms with Gasteiger partial charge in [0.25, 0.3) is 11.8 Å². The van der Waals surface area contributed by atoms with Crippen LogP contribution < -0.4 is 16.0 Å². The number of benzene rings is 1. The largest absolute Gasteiger partial charge is 0.460 e. The third kappa shape index (κ3) is 16.0. The maximum absolute atomic E-state index is 14.6. The zero-order valence-electron chi connectivity index (χ0n) is 40.3. The lowest BCUT2D eigenvalue weighted by Gasteiger charge is -2.42. The molecule has 0 spiro atoms. The highest BCUT2D eigenvalue weighted by Crippen LogP contribution is 2.32. The molecule has 1 aromatic carbocycles. The molecule has 0 unspecified atom stereocenters. The third-order valence-electron chi connectivity index (χ3n) is 10.4. The zero-order chi connectivity index (χ0) is 48.4. The van der Waals surface area contributed by atoms with Crippen molar-refractivity contribution in [3.05, 3.63) is 59.7 Å². The fourth-order valence-electron chi connectivity index (χ4n) is 7.02. The van der Waals surface area contributed by atoms with Crippen LogP contribution in [0.4, 0.5) is 4.79 Å². The normalized spacial score (nSPS) is 15.6. The minimum Gasteiger partial charge on any atom is -0.460 e. The average Bonchev–Trinajstić information content (AvgIpc) is 3.47. The standard InChI is InChI=1S/C47H72N6O10/c1-29(2)33(28-30(3)39(57)49-32(22-25-36(56)62-45(7,8)9)40(58)48-26-27-53-34(54)23-24-35(53)55)51(15)42(60)37(44(4,5)6)50-41(59)38(52(16)43(61)63-46(10,11)12)47(13,14)31-20-18-17-19-21-31/h17-21,23-24,28-29,32-33,37-38H,22,25-27H2,1-16H3,(H,48,58)(H,49,57)(H,50,59)/b30-28+/t32-,33+,37+,38+/m0/s1. The van der Waals surface area contributed by atoms with Crippen molar-refractivity contribution in [3.8, 4) is 0 Å². The average molecular weight is 881 g/mol. The fourth-order valence-corrected chi connectivity index (χ4v) is 7.02. The lowest BCUT2D eigenvalue weighted by Crippen LogP contribution is -2.63. The second-order valence-electron chi connectivity index (χ2n) is 20.0. The SMILES string of the molecule is C/C(=C\[C@H](C(C)C)N(C)C(=O)[C@@H](NC(=O)[C@@H](N(C)C(=O)OC(C)(C)C)C(C)(C)c1ccccc1)C(C)(C)C)C(=O)N[C@@H](CCC(=O)OC(C)(C)C)C(=O)NCCN1C(=O)C=CC1=O. The summed E-state index contributed by atoms with van der Waals surface area (Å²) >= 11 is 0. The van der Waals surface area contributed by atoms with Crippen LogP contribution >= 0.6 is 0 Å². The molecule has 350 valence electrons. The van der Waals surface area contributed by atoms with Gasteiger partial charge in [0.2, 0.25) is 23.6 Å². The molecule has 0 aliphatic carbocycles. The van der Waals surface area contributed by atoms with E-state index in [0.29, 0.717) is 0 Å². The molecule has 2 rings (SSSR count). The van der Waals surface area contributed by atoms with E-state index < -0.39 is 93.7 Å². The molecule has 0 aromatic heterocycles. The number of imide groups is 1. The van der Waals surface area contributed by atoms with Gasteiger partial charge in [-0.15, -0.1) is 0 Å². The molecule has 1 aliphatic heterocycles. The van der Waals surface area contributed by atoms with Gasteiger partial charge in [-0.1, -0.05) is 84.9 Å². The highest BCUT2D eigenvalue weighted by molar-refractivity contribution is 6.12. The summed E-state index contributed by atoms with van der Waals surface area (Å²) in [5.74, 6) is -4.14. The minimum absolute atomic E-state index is 0.0960. The summed E-state index contributed by atoms with van der Waals surface area (Å²) in [6.07, 6.45) is 2.85. The number of carbonyl (C=O) groups is 8. The number of likely N-dealkylation sites (N-methyl/N-ethyl adjacent to an activating group) is 2. The van der Waals surface area contributed by atoms with Crippen LogP contribution in [0.1, 0.15) is 115 Å². The lowest BCUT2D eigenvalue weighted by atomic mass is 9.76. The fraction of sp³-hybridized carbons (Fsp3) is 0.617. The number of nitrogens with one attached hydrogen (secondary N) is 3. The lowest BCUT2D eigenvalue weighted by molar-refractivity contribution is -0.155. The topological polar surface area (TPSA) is 201 Å². The number of nitrogens with zero attached hydrogens (tertiary/aromatic N) is 3. The van der Waals surface area contributed by atoms with Gasteiger partial charge in [0.1, 0.15) is 29.3 Å². The van der Waals surface area contributed by atoms with Gasteiger partial charge in [-0.2, -0.15) is 0 Å². The Morgan fingerprint density at radius 3 is 1.79 bits per heavy atom. The maximum Gasteiger partial charge on any atom is 0.410 e. The summed E-state index contributed by atoms with van der Waals surface area (Å²) < 4.78 is 11.1. The Hall–Kier alpha value is -5.54.